The lowest BCUT2D eigenvalue weighted by molar-refractivity contribution is 0.0716. The first-order chi connectivity index (χ1) is 8.06. The standard InChI is InChI=1S/C12H29N3O2/c1-5-15(8-6-7-14(2)3)12(9-16)11(13)10-17-4/h11-12,16H,5-10,13H2,1-4H3. The van der Waals surface area contributed by atoms with Crippen molar-refractivity contribution in [3.05, 3.63) is 0 Å². The van der Waals surface area contributed by atoms with E-state index in [0.29, 0.717) is 6.61 Å². The zero-order valence-corrected chi connectivity index (χ0v) is 11.7. The van der Waals surface area contributed by atoms with E-state index in [1.165, 1.54) is 0 Å². The second-order valence-electron chi connectivity index (χ2n) is 4.65. The molecule has 3 N–H and O–H groups in total. The summed E-state index contributed by atoms with van der Waals surface area (Å²) < 4.78 is 5.05. The monoisotopic (exact) mass is 247 g/mol. The van der Waals surface area contributed by atoms with Crippen molar-refractivity contribution in [2.75, 3.05) is 54.1 Å². The average molecular weight is 247 g/mol. The zero-order valence-electron chi connectivity index (χ0n) is 11.7. The van der Waals surface area contributed by atoms with Gasteiger partial charge in [-0.3, -0.25) is 4.90 Å². The molecule has 0 aliphatic heterocycles. The van der Waals surface area contributed by atoms with Crippen LogP contribution in [0.15, 0.2) is 0 Å². The Morgan fingerprint density at radius 3 is 2.35 bits per heavy atom. The van der Waals surface area contributed by atoms with Crippen LogP contribution in [0.1, 0.15) is 13.3 Å². The van der Waals surface area contributed by atoms with Crippen molar-refractivity contribution in [1.82, 2.24) is 9.80 Å². The smallest absolute Gasteiger partial charge is 0.0629 e. The maximum absolute atomic E-state index is 9.45. The number of nitrogens with zero attached hydrogens (tertiary/aromatic N) is 2. The average Bonchev–Trinajstić information content (AvgIpc) is 2.27. The molecule has 0 aliphatic rings. The molecule has 0 bridgehead atoms. The lowest BCUT2D eigenvalue weighted by atomic mass is 10.1. The van der Waals surface area contributed by atoms with Crippen LogP contribution in [-0.4, -0.2) is 81.0 Å². The number of nitrogens with two attached hydrogens (primary N) is 1. The molecule has 0 aromatic carbocycles. The summed E-state index contributed by atoms with van der Waals surface area (Å²) in [6.07, 6.45) is 1.08. The van der Waals surface area contributed by atoms with Crippen LogP contribution in [0.3, 0.4) is 0 Å². The van der Waals surface area contributed by atoms with Crippen LogP contribution in [0.5, 0.6) is 0 Å². The quantitative estimate of drug-likeness (QED) is 0.550. The summed E-state index contributed by atoms with van der Waals surface area (Å²) in [6, 6.07) is -0.147. The molecule has 0 aromatic heterocycles. The summed E-state index contributed by atoms with van der Waals surface area (Å²) in [5.41, 5.74) is 6.01. The number of rotatable bonds is 10. The zero-order chi connectivity index (χ0) is 13.3. The van der Waals surface area contributed by atoms with Gasteiger partial charge >= 0.3 is 0 Å². The molecule has 5 nitrogen and oxygen atoms in total. The van der Waals surface area contributed by atoms with Gasteiger partial charge in [0.15, 0.2) is 0 Å². The van der Waals surface area contributed by atoms with E-state index in [1.807, 2.05) is 0 Å². The van der Waals surface area contributed by atoms with Crippen LogP contribution in [0, 0.1) is 0 Å². The topological polar surface area (TPSA) is 62.0 Å². The number of methoxy groups -OCH3 is 1. The van der Waals surface area contributed by atoms with Crippen molar-refractivity contribution < 1.29 is 9.84 Å². The van der Waals surface area contributed by atoms with Crippen molar-refractivity contribution in [2.24, 2.45) is 5.73 Å². The number of likely N-dealkylation sites (N-methyl/N-ethyl adjacent to an activating group) is 1. The second kappa shape index (κ2) is 9.79. The van der Waals surface area contributed by atoms with Gasteiger partial charge in [-0.05, 0) is 40.2 Å². The number of aliphatic hydroxyl groups excluding tert-OH is 1. The third-order valence-electron chi connectivity index (χ3n) is 2.97. The molecular formula is C12H29N3O2. The van der Waals surface area contributed by atoms with E-state index in [-0.39, 0.29) is 18.7 Å². The maximum Gasteiger partial charge on any atom is 0.0629 e. The molecule has 5 heteroatoms. The first-order valence-corrected chi connectivity index (χ1v) is 6.30. The van der Waals surface area contributed by atoms with E-state index in [9.17, 15) is 5.11 Å². The molecule has 0 fully saturated rings. The molecular weight excluding hydrogens is 218 g/mol. The van der Waals surface area contributed by atoms with Crippen molar-refractivity contribution in [3.63, 3.8) is 0 Å². The molecule has 0 rings (SSSR count). The number of hydrogen-bond acceptors (Lipinski definition) is 5. The first kappa shape index (κ1) is 16.8. The molecule has 2 atom stereocenters. The Kier molecular flexibility index (Phi) is 9.68. The maximum atomic E-state index is 9.45. The molecule has 0 amide bonds. The van der Waals surface area contributed by atoms with Crippen molar-refractivity contribution >= 4 is 0 Å². The summed E-state index contributed by atoms with van der Waals surface area (Å²) in [4.78, 5) is 4.39. The van der Waals surface area contributed by atoms with Crippen LogP contribution >= 0.6 is 0 Å². The molecule has 0 heterocycles. The molecule has 104 valence electrons. The molecule has 0 saturated carbocycles. The van der Waals surface area contributed by atoms with Crippen molar-refractivity contribution in [1.29, 1.82) is 0 Å². The lowest BCUT2D eigenvalue weighted by Gasteiger charge is -2.33. The van der Waals surface area contributed by atoms with Crippen LogP contribution in [-0.2, 0) is 4.74 Å². The second-order valence-corrected chi connectivity index (χ2v) is 4.65. The fourth-order valence-electron chi connectivity index (χ4n) is 1.97. The fourth-order valence-corrected chi connectivity index (χ4v) is 1.97. The van der Waals surface area contributed by atoms with Gasteiger partial charge in [0.1, 0.15) is 0 Å². The Morgan fingerprint density at radius 1 is 1.29 bits per heavy atom. The predicted octanol–water partition coefficient (Wildman–Crippen LogP) is -0.405. The van der Waals surface area contributed by atoms with Gasteiger partial charge in [0.2, 0.25) is 0 Å². The summed E-state index contributed by atoms with van der Waals surface area (Å²) >= 11 is 0. The molecule has 17 heavy (non-hydrogen) atoms. The van der Waals surface area contributed by atoms with Gasteiger partial charge < -0.3 is 20.5 Å². The predicted molar refractivity (Wildman–Crippen MR) is 71.1 cm³/mol. The number of ether oxygens (including phenoxy) is 1. The van der Waals surface area contributed by atoms with E-state index in [1.54, 1.807) is 7.11 Å². The van der Waals surface area contributed by atoms with E-state index < -0.39 is 0 Å². The Balaban J connectivity index is 4.17. The largest absolute Gasteiger partial charge is 0.395 e. The number of hydrogen-bond donors (Lipinski definition) is 2. The van der Waals surface area contributed by atoms with Crippen molar-refractivity contribution in [3.8, 4) is 0 Å². The van der Waals surface area contributed by atoms with Crippen LogP contribution < -0.4 is 5.73 Å². The number of aliphatic hydroxyl groups is 1. The van der Waals surface area contributed by atoms with E-state index >= 15 is 0 Å². The van der Waals surface area contributed by atoms with E-state index in [2.05, 4.69) is 30.8 Å². The Morgan fingerprint density at radius 2 is 1.94 bits per heavy atom. The Bertz CT molecular complexity index is 179. The van der Waals surface area contributed by atoms with Crippen LogP contribution in [0.25, 0.3) is 0 Å². The van der Waals surface area contributed by atoms with Crippen molar-refractivity contribution in [2.45, 2.75) is 25.4 Å². The SMILES string of the molecule is CCN(CCCN(C)C)C(CO)C(N)COC. The highest BCUT2D eigenvalue weighted by Crippen LogP contribution is 2.05. The molecule has 0 radical (unpaired) electrons. The summed E-state index contributed by atoms with van der Waals surface area (Å²) in [5.74, 6) is 0. The van der Waals surface area contributed by atoms with Gasteiger partial charge in [-0.25, -0.2) is 0 Å². The Labute approximate surface area is 106 Å². The van der Waals surface area contributed by atoms with E-state index in [4.69, 9.17) is 10.5 Å². The van der Waals surface area contributed by atoms with E-state index in [0.717, 1.165) is 26.1 Å². The highest BCUT2D eigenvalue weighted by molar-refractivity contribution is 4.81. The minimum absolute atomic E-state index is 0.0119. The van der Waals surface area contributed by atoms with Gasteiger partial charge in [0.25, 0.3) is 0 Å². The van der Waals surface area contributed by atoms with Crippen LogP contribution in [0.2, 0.25) is 0 Å². The Hall–Kier alpha value is -0.200. The first-order valence-electron chi connectivity index (χ1n) is 6.30. The van der Waals surface area contributed by atoms with Gasteiger partial charge in [-0.2, -0.15) is 0 Å². The molecule has 0 aromatic rings. The fraction of sp³-hybridized carbons (Fsp3) is 1.00. The summed E-state index contributed by atoms with van der Waals surface area (Å²) in [5, 5.41) is 9.45. The van der Waals surface area contributed by atoms with Gasteiger partial charge in [0, 0.05) is 13.2 Å². The minimum Gasteiger partial charge on any atom is -0.395 e. The van der Waals surface area contributed by atoms with Gasteiger partial charge in [0.05, 0.1) is 19.3 Å². The van der Waals surface area contributed by atoms with Gasteiger partial charge in [-0.1, -0.05) is 6.92 Å². The molecule has 0 saturated heterocycles. The highest BCUT2D eigenvalue weighted by atomic mass is 16.5. The lowest BCUT2D eigenvalue weighted by Crippen LogP contribution is -2.52. The third-order valence-corrected chi connectivity index (χ3v) is 2.97. The normalized spacial score (nSPS) is 15.5. The third kappa shape index (κ3) is 6.95. The molecule has 0 spiro atoms. The molecule has 2 unspecified atom stereocenters. The minimum atomic E-state index is -0.135. The summed E-state index contributed by atoms with van der Waals surface area (Å²) in [6.45, 7) is 5.56. The van der Waals surface area contributed by atoms with Crippen LogP contribution in [0.4, 0.5) is 0 Å². The highest BCUT2D eigenvalue weighted by Gasteiger charge is 2.22. The molecule has 0 aliphatic carbocycles. The van der Waals surface area contributed by atoms with Gasteiger partial charge in [-0.15, -0.1) is 0 Å². The summed E-state index contributed by atoms with van der Waals surface area (Å²) in [7, 11) is 5.77.